The maximum atomic E-state index is 10.8. The standard InChI is InChI=1S/C19H32N6O4/c1-2-3-4-5-6-7-8-9-28-15-12(10-26)29-18(14(15)27)25-11-22-13-16(20)23-19(21)24-17(13)25/h11-12,14-15,18,26-27H,2-10H2,1H3,(H4,20,21,23,24)/t12-,14-,15-,18-/m1/s1. The monoisotopic (exact) mass is 408 g/mol. The molecule has 0 bridgehead atoms. The van der Waals surface area contributed by atoms with E-state index in [1.54, 1.807) is 4.57 Å². The number of unbranched alkanes of at least 4 members (excludes halogenated alkanes) is 6. The highest BCUT2D eigenvalue weighted by Gasteiger charge is 2.45. The quantitative estimate of drug-likeness (QED) is 0.403. The molecule has 0 unspecified atom stereocenters. The van der Waals surface area contributed by atoms with Crippen molar-refractivity contribution in [1.82, 2.24) is 19.5 Å². The Morgan fingerprint density at radius 2 is 1.86 bits per heavy atom. The van der Waals surface area contributed by atoms with Crippen molar-refractivity contribution in [2.24, 2.45) is 0 Å². The minimum absolute atomic E-state index is 0.00896. The highest BCUT2D eigenvalue weighted by atomic mass is 16.6. The number of imidazole rings is 1. The van der Waals surface area contributed by atoms with Gasteiger partial charge in [-0.15, -0.1) is 0 Å². The van der Waals surface area contributed by atoms with Gasteiger partial charge in [-0.3, -0.25) is 4.57 Å². The van der Waals surface area contributed by atoms with Crippen molar-refractivity contribution >= 4 is 22.9 Å². The average Bonchev–Trinajstić information content (AvgIpc) is 3.25. The second-order valence-corrected chi connectivity index (χ2v) is 7.49. The van der Waals surface area contributed by atoms with Gasteiger partial charge in [0.05, 0.1) is 12.9 Å². The molecule has 1 aliphatic rings. The molecule has 29 heavy (non-hydrogen) atoms. The van der Waals surface area contributed by atoms with Crippen LogP contribution in [0, 0.1) is 0 Å². The number of fused-ring (bicyclic) bond motifs is 1. The Bertz CT molecular complexity index is 785. The molecule has 3 heterocycles. The number of nitrogen functional groups attached to an aromatic ring is 2. The molecule has 0 amide bonds. The van der Waals surface area contributed by atoms with E-state index in [9.17, 15) is 10.2 Å². The van der Waals surface area contributed by atoms with Crippen molar-refractivity contribution < 1.29 is 19.7 Å². The number of hydrogen-bond acceptors (Lipinski definition) is 9. The number of rotatable bonds is 11. The molecule has 10 nitrogen and oxygen atoms in total. The van der Waals surface area contributed by atoms with Crippen LogP contribution >= 0.6 is 0 Å². The van der Waals surface area contributed by atoms with Gasteiger partial charge in [0.25, 0.3) is 0 Å². The lowest BCUT2D eigenvalue weighted by atomic mass is 10.1. The predicted molar refractivity (Wildman–Crippen MR) is 109 cm³/mol. The smallest absolute Gasteiger partial charge is 0.224 e. The number of hydrogen-bond donors (Lipinski definition) is 4. The number of aliphatic hydroxyl groups excluding tert-OH is 2. The van der Waals surface area contributed by atoms with Gasteiger partial charge < -0.3 is 31.2 Å². The van der Waals surface area contributed by atoms with Gasteiger partial charge in [0.1, 0.15) is 23.8 Å². The van der Waals surface area contributed by atoms with Crippen LogP contribution in [0.1, 0.15) is 58.1 Å². The highest BCUT2D eigenvalue weighted by molar-refractivity contribution is 5.82. The summed E-state index contributed by atoms with van der Waals surface area (Å²) in [7, 11) is 0. The van der Waals surface area contributed by atoms with Crippen molar-refractivity contribution in [3.8, 4) is 0 Å². The lowest BCUT2D eigenvalue weighted by Crippen LogP contribution is -2.36. The van der Waals surface area contributed by atoms with Gasteiger partial charge in [-0.2, -0.15) is 9.97 Å². The van der Waals surface area contributed by atoms with Crippen LogP contribution in [0.2, 0.25) is 0 Å². The van der Waals surface area contributed by atoms with Crippen LogP contribution in [-0.2, 0) is 9.47 Å². The van der Waals surface area contributed by atoms with E-state index in [2.05, 4.69) is 21.9 Å². The van der Waals surface area contributed by atoms with E-state index < -0.39 is 24.5 Å². The number of aromatic nitrogens is 4. The average molecular weight is 409 g/mol. The molecule has 0 saturated carbocycles. The van der Waals surface area contributed by atoms with Gasteiger partial charge in [0.2, 0.25) is 5.95 Å². The molecule has 6 N–H and O–H groups in total. The van der Waals surface area contributed by atoms with Crippen molar-refractivity contribution in [3.63, 3.8) is 0 Å². The Hall–Kier alpha value is -2.01. The van der Waals surface area contributed by atoms with Crippen LogP contribution in [0.25, 0.3) is 11.2 Å². The molecular weight excluding hydrogens is 376 g/mol. The molecular formula is C19H32N6O4. The normalized spacial score (nSPS) is 24.5. The Balaban J connectivity index is 1.59. The fourth-order valence-electron chi connectivity index (χ4n) is 3.72. The van der Waals surface area contributed by atoms with Crippen LogP contribution in [0.15, 0.2) is 6.33 Å². The lowest BCUT2D eigenvalue weighted by Gasteiger charge is -2.20. The molecule has 0 spiro atoms. The van der Waals surface area contributed by atoms with E-state index in [0.717, 1.165) is 12.8 Å². The van der Waals surface area contributed by atoms with Gasteiger partial charge in [-0.05, 0) is 6.42 Å². The van der Waals surface area contributed by atoms with Gasteiger partial charge in [0, 0.05) is 6.61 Å². The summed E-state index contributed by atoms with van der Waals surface area (Å²) in [5.74, 6) is 0.166. The fourth-order valence-corrected chi connectivity index (χ4v) is 3.72. The number of anilines is 2. The zero-order valence-corrected chi connectivity index (χ0v) is 16.9. The molecule has 1 aliphatic heterocycles. The molecule has 1 fully saturated rings. The Morgan fingerprint density at radius 3 is 2.59 bits per heavy atom. The van der Waals surface area contributed by atoms with Crippen LogP contribution in [-0.4, -0.2) is 61.3 Å². The molecule has 1 saturated heterocycles. The number of ether oxygens (including phenoxy) is 2. The third kappa shape index (κ3) is 4.95. The first-order valence-corrected chi connectivity index (χ1v) is 10.4. The number of nitrogens with zero attached hydrogens (tertiary/aromatic N) is 4. The summed E-state index contributed by atoms with van der Waals surface area (Å²) in [6.45, 7) is 2.45. The molecule has 2 aromatic heterocycles. The minimum Gasteiger partial charge on any atom is -0.394 e. The molecule has 3 rings (SSSR count). The summed E-state index contributed by atoms with van der Waals surface area (Å²) in [4.78, 5) is 12.2. The summed E-state index contributed by atoms with van der Waals surface area (Å²) >= 11 is 0. The summed E-state index contributed by atoms with van der Waals surface area (Å²) in [6.07, 6.45) is 6.60. The van der Waals surface area contributed by atoms with Gasteiger partial charge in [0.15, 0.2) is 17.7 Å². The molecule has 4 atom stereocenters. The van der Waals surface area contributed by atoms with Gasteiger partial charge in [-0.25, -0.2) is 4.98 Å². The maximum absolute atomic E-state index is 10.8. The van der Waals surface area contributed by atoms with E-state index in [1.165, 1.54) is 38.4 Å². The van der Waals surface area contributed by atoms with E-state index in [4.69, 9.17) is 20.9 Å². The first-order chi connectivity index (χ1) is 14.1. The zero-order chi connectivity index (χ0) is 20.8. The molecule has 0 aliphatic carbocycles. The van der Waals surface area contributed by atoms with Crippen molar-refractivity contribution in [3.05, 3.63) is 6.33 Å². The Labute approximate surface area is 170 Å². The predicted octanol–water partition coefficient (Wildman–Crippen LogP) is 1.38. The second kappa shape index (κ2) is 10.1. The minimum atomic E-state index is -0.994. The van der Waals surface area contributed by atoms with Crippen molar-refractivity contribution in [1.29, 1.82) is 0 Å². The number of nitrogens with two attached hydrogens (primary N) is 2. The van der Waals surface area contributed by atoms with Crippen molar-refractivity contribution in [2.45, 2.75) is 76.4 Å². The van der Waals surface area contributed by atoms with E-state index in [0.29, 0.717) is 17.8 Å². The summed E-state index contributed by atoms with van der Waals surface area (Å²) in [5.41, 5.74) is 12.3. The molecule has 10 heteroatoms. The van der Waals surface area contributed by atoms with Gasteiger partial charge in [-0.1, -0.05) is 45.4 Å². The summed E-state index contributed by atoms with van der Waals surface area (Å²) in [6, 6.07) is 0. The van der Waals surface area contributed by atoms with Crippen LogP contribution in [0.3, 0.4) is 0 Å². The van der Waals surface area contributed by atoms with E-state index in [1.807, 2.05) is 0 Å². The Morgan fingerprint density at radius 1 is 1.14 bits per heavy atom. The third-order valence-electron chi connectivity index (χ3n) is 5.29. The summed E-state index contributed by atoms with van der Waals surface area (Å²) in [5, 5.41) is 20.5. The Kier molecular flexibility index (Phi) is 7.59. The van der Waals surface area contributed by atoms with Crippen LogP contribution in [0.5, 0.6) is 0 Å². The molecule has 162 valence electrons. The topological polar surface area (TPSA) is 155 Å². The summed E-state index contributed by atoms with van der Waals surface area (Å²) < 4.78 is 13.3. The zero-order valence-electron chi connectivity index (χ0n) is 16.9. The van der Waals surface area contributed by atoms with E-state index >= 15 is 0 Å². The first-order valence-electron chi connectivity index (χ1n) is 10.4. The van der Waals surface area contributed by atoms with Gasteiger partial charge >= 0.3 is 0 Å². The second-order valence-electron chi connectivity index (χ2n) is 7.49. The largest absolute Gasteiger partial charge is 0.394 e. The first kappa shape index (κ1) is 21.7. The molecule has 0 radical (unpaired) electrons. The van der Waals surface area contributed by atoms with Crippen LogP contribution < -0.4 is 11.5 Å². The molecule has 0 aromatic carbocycles. The number of aliphatic hydroxyl groups is 2. The SMILES string of the molecule is CCCCCCCCCO[C@H]1[C@@H](O)[C@H](n2cnc3c(N)nc(N)nc32)O[C@@H]1CO. The maximum Gasteiger partial charge on any atom is 0.224 e. The third-order valence-corrected chi connectivity index (χ3v) is 5.29. The van der Waals surface area contributed by atoms with Crippen molar-refractivity contribution in [2.75, 3.05) is 24.7 Å². The molecule has 2 aromatic rings. The van der Waals surface area contributed by atoms with E-state index in [-0.39, 0.29) is 18.4 Å². The lowest BCUT2D eigenvalue weighted by molar-refractivity contribution is -0.0609. The fraction of sp³-hybridized carbons (Fsp3) is 0.737. The highest BCUT2D eigenvalue weighted by Crippen LogP contribution is 2.33. The van der Waals surface area contributed by atoms with Crippen LogP contribution in [0.4, 0.5) is 11.8 Å².